The molecule has 0 aromatic heterocycles. The Morgan fingerprint density at radius 2 is 1.73 bits per heavy atom. The predicted octanol–water partition coefficient (Wildman–Crippen LogP) is 2.74. The number of amides is 2. The van der Waals surface area contributed by atoms with Gasteiger partial charge >= 0.3 is 12.1 Å². The van der Waals surface area contributed by atoms with Crippen molar-refractivity contribution in [2.24, 2.45) is 0 Å². The molecular formula is C25H28N2O6. The van der Waals surface area contributed by atoms with Crippen LogP contribution in [0.2, 0.25) is 0 Å². The average Bonchev–Trinajstić information content (AvgIpc) is 3.35. The van der Waals surface area contributed by atoms with Gasteiger partial charge in [0.25, 0.3) is 0 Å². The molecule has 1 heterocycles. The first kappa shape index (κ1) is 22.8. The number of carbonyl (C=O) groups excluding carboxylic acids is 2. The van der Waals surface area contributed by atoms with E-state index in [2.05, 4.69) is 17.4 Å². The molecule has 2 unspecified atom stereocenters. The highest BCUT2D eigenvalue weighted by Gasteiger charge is 2.45. The Bertz CT molecular complexity index is 1020. The molecule has 4 rings (SSSR count). The first-order chi connectivity index (χ1) is 15.8. The first-order valence-electron chi connectivity index (χ1n) is 11.1. The van der Waals surface area contributed by atoms with Gasteiger partial charge in [-0.05, 0) is 42.0 Å². The van der Waals surface area contributed by atoms with Crippen LogP contribution in [0.15, 0.2) is 48.5 Å². The van der Waals surface area contributed by atoms with Gasteiger partial charge in [0.05, 0.1) is 12.5 Å². The number of ether oxygens (including phenoxy) is 1. The van der Waals surface area contributed by atoms with Crippen LogP contribution in [-0.2, 0) is 14.3 Å². The van der Waals surface area contributed by atoms with E-state index in [1.54, 1.807) is 0 Å². The van der Waals surface area contributed by atoms with E-state index in [0.717, 1.165) is 22.3 Å². The lowest BCUT2D eigenvalue weighted by molar-refractivity contribution is -0.156. The van der Waals surface area contributed by atoms with Crippen molar-refractivity contribution < 1.29 is 29.3 Å². The smallest absolute Gasteiger partial charge is 0.407 e. The number of aliphatic hydroxyl groups is 1. The third kappa shape index (κ3) is 4.43. The van der Waals surface area contributed by atoms with Crippen molar-refractivity contribution in [2.75, 3.05) is 19.7 Å². The third-order valence-electron chi connectivity index (χ3n) is 6.64. The summed E-state index contributed by atoms with van der Waals surface area (Å²) in [6, 6.07) is 16.0. The number of alkyl carbamates (subject to hydrolysis) is 1. The molecule has 2 amide bonds. The van der Waals surface area contributed by atoms with Gasteiger partial charge in [0.1, 0.15) is 12.1 Å². The highest BCUT2D eigenvalue weighted by Crippen LogP contribution is 2.44. The Morgan fingerprint density at radius 1 is 1.12 bits per heavy atom. The summed E-state index contributed by atoms with van der Waals surface area (Å²) in [5.74, 6) is -1.57. The molecular weight excluding hydrogens is 424 g/mol. The monoisotopic (exact) mass is 452 g/mol. The van der Waals surface area contributed by atoms with Gasteiger partial charge in [-0.1, -0.05) is 48.5 Å². The number of aliphatic carboxylic acids is 1. The molecule has 8 nitrogen and oxygen atoms in total. The second-order valence-corrected chi connectivity index (χ2v) is 8.79. The van der Waals surface area contributed by atoms with Gasteiger partial charge in [0.2, 0.25) is 5.91 Å². The van der Waals surface area contributed by atoms with Gasteiger partial charge in [-0.15, -0.1) is 0 Å². The molecule has 0 spiro atoms. The minimum Gasteiger partial charge on any atom is -0.480 e. The second kappa shape index (κ2) is 9.23. The minimum atomic E-state index is -1.25. The number of hydrogen-bond donors (Lipinski definition) is 3. The Balaban J connectivity index is 1.28. The number of carboxylic acids is 1. The number of fused-ring (bicyclic) bond motifs is 3. The lowest BCUT2D eigenvalue weighted by atomic mass is 9.98. The van der Waals surface area contributed by atoms with E-state index in [0.29, 0.717) is 19.4 Å². The van der Waals surface area contributed by atoms with E-state index in [-0.39, 0.29) is 25.5 Å². The maximum atomic E-state index is 12.5. The average molecular weight is 453 g/mol. The summed E-state index contributed by atoms with van der Waals surface area (Å²) in [7, 11) is 0. The maximum absolute atomic E-state index is 12.5. The molecule has 2 atom stereocenters. The summed E-state index contributed by atoms with van der Waals surface area (Å²) in [4.78, 5) is 37.6. The lowest BCUT2D eigenvalue weighted by Gasteiger charge is -2.31. The topological polar surface area (TPSA) is 116 Å². The molecule has 1 aliphatic heterocycles. The molecule has 2 aromatic rings. The van der Waals surface area contributed by atoms with Crippen LogP contribution in [0, 0.1) is 0 Å². The molecule has 8 heteroatoms. The van der Waals surface area contributed by atoms with Crippen molar-refractivity contribution in [3.8, 4) is 11.1 Å². The van der Waals surface area contributed by atoms with E-state index in [4.69, 9.17) is 4.74 Å². The van der Waals surface area contributed by atoms with Gasteiger partial charge in [-0.25, -0.2) is 9.59 Å². The third-order valence-corrected chi connectivity index (χ3v) is 6.64. The summed E-state index contributed by atoms with van der Waals surface area (Å²) in [6.07, 6.45) is -1.12. The van der Waals surface area contributed by atoms with Crippen molar-refractivity contribution in [2.45, 2.75) is 43.7 Å². The summed E-state index contributed by atoms with van der Waals surface area (Å²) in [6.45, 7) is 1.84. The van der Waals surface area contributed by atoms with Crippen LogP contribution in [0.1, 0.15) is 43.2 Å². The zero-order valence-electron chi connectivity index (χ0n) is 18.5. The SMILES string of the molecule is CC1(C(=O)O)CCCN1C(=O)CC(O)CNC(=O)OCC1c2ccccc2-c2ccccc21. The molecule has 33 heavy (non-hydrogen) atoms. The zero-order valence-corrected chi connectivity index (χ0v) is 18.5. The lowest BCUT2D eigenvalue weighted by Crippen LogP contribution is -2.51. The Hall–Kier alpha value is -3.39. The fraction of sp³-hybridized carbons (Fsp3) is 0.400. The van der Waals surface area contributed by atoms with E-state index in [1.807, 2.05) is 36.4 Å². The normalized spacial score (nSPS) is 20.1. The molecule has 2 aromatic carbocycles. The summed E-state index contributed by atoms with van der Waals surface area (Å²) in [5.41, 5.74) is 3.21. The van der Waals surface area contributed by atoms with Crippen molar-refractivity contribution in [1.82, 2.24) is 10.2 Å². The highest BCUT2D eigenvalue weighted by molar-refractivity contribution is 5.87. The number of hydrogen-bond acceptors (Lipinski definition) is 5. The number of benzene rings is 2. The van der Waals surface area contributed by atoms with Crippen LogP contribution >= 0.6 is 0 Å². The number of rotatable bonds is 7. The quantitative estimate of drug-likeness (QED) is 0.595. The number of nitrogens with one attached hydrogen (secondary N) is 1. The fourth-order valence-corrected chi connectivity index (χ4v) is 4.82. The van der Waals surface area contributed by atoms with Crippen LogP contribution in [-0.4, -0.2) is 64.4 Å². The Kier molecular flexibility index (Phi) is 6.37. The van der Waals surface area contributed by atoms with E-state index >= 15 is 0 Å². The van der Waals surface area contributed by atoms with Crippen LogP contribution in [0.3, 0.4) is 0 Å². The molecule has 0 bridgehead atoms. The van der Waals surface area contributed by atoms with Crippen LogP contribution in [0.5, 0.6) is 0 Å². The molecule has 2 aliphatic rings. The highest BCUT2D eigenvalue weighted by atomic mass is 16.5. The fourth-order valence-electron chi connectivity index (χ4n) is 4.82. The standard InChI is InChI=1S/C25H28N2O6/c1-25(23(30)31)11-6-12-27(25)22(29)13-16(28)14-26-24(32)33-15-21-19-9-4-2-7-17(19)18-8-3-5-10-20(18)21/h2-5,7-10,16,21,28H,6,11-15H2,1H3,(H,26,32)(H,30,31). The predicted molar refractivity (Wildman–Crippen MR) is 121 cm³/mol. The number of carboxylic acid groups (broad SMARTS) is 1. The van der Waals surface area contributed by atoms with Crippen LogP contribution in [0.4, 0.5) is 4.79 Å². The van der Waals surface area contributed by atoms with Crippen molar-refractivity contribution >= 4 is 18.0 Å². The number of carbonyl (C=O) groups is 3. The Labute approximate surface area is 192 Å². The van der Waals surface area contributed by atoms with Crippen molar-refractivity contribution in [1.29, 1.82) is 0 Å². The number of likely N-dealkylation sites (tertiary alicyclic amines) is 1. The Morgan fingerprint density at radius 3 is 2.33 bits per heavy atom. The van der Waals surface area contributed by atoms with Crippen LogP contribution in [0.25, 0.3) is 11.1 Å². The van der Waals surface area contributed by atoms with E-state index in [9.17, 15) is 24.6 Å². The molecule has 1 saturated heterocycles. The van der Waals surface area contributed by atoms with Crippen molar-refractivity contribution in [3.63, 3.8) is 0 Å². The summed E-state index contributed by atoms with van der Waals surface area (Å²) >= 11 is 0. The van der Waals surface area contributed by atoms with E-state index < -0.39 is 29.6 Å². The molecule has 174 valence electrons. The van der Waals surface area contributed by atoms with E-state index in [1.165, 1.54) is 11.8 Å². The minimum absolute atomic E-state index is 0.0708. The van der Waals surface area contributed by atoms with Gasteiger partial charge < -0.3 is 25.2 Å². The molecule has 3 N–H and O–H groups in total. The van der Waals surface area contributed by atoms with Crippen LogP contribution < -0.4 is 5.32 Å². The molecule has 0 radical (unpaired) electrons. The largest absolute Gasteiger partial charge is 0.480 e. The molecule has 0 saturated carbocycles. The number of nitrogens with zero attached hydrogens (tertiary/aromatic N) is 1. The zero-order chi connectivity index (χ0) is 23.6. The van der Waals surface area contributed by atoms with Gasteiger partial charge in [0, 0.05) is 19.0 Å². The van der Waals surface area contributed by atoms with Gasteiger partial charge in [-0.3, -0.25) is 4.79 Å². The van der Waals surface area contributed by atoms with Gasteiger partial charge in [-0.2, -0.15) is 0 Å². The van der Waals surface area contributed by atoms with Crippen molar-refractivity contribution in [3.05, 3.63) is 59.7 Å². The maximum Gasteiger partial charge on any atom is 0.407 e. The summed E-state index contributed by atoms with van der Waals surface area (Å²) < 4.78 is 5.43. The summed E-state index contributed by atoms with van der Waals surface area (Å²) in [5, 5.41) is 22.2. The van der Waals surface area contributed by atoms with Gasteiger partial charge in [0.15, 0.2) is 0 Å². The molecule has 1 fully saturated rings. The first-order valence-corrected chi connectivity index (χ1v) is 11.1. The second-order valence-electron chi connectivity index (χ2n) is 8.79. The molecule has 1 aliphatic carbocycles. The number of aliphatic hydroxyl groups excluding tert-OH is 1.